The van der Waals surface area contributed by atoms with Gasteiger partial charge in [-0.2, -0.15) is 0 Å². The molecule has 3 saturated carbocycles. The van der Waals surface area contributed by atoms with Gasteiger partial charge in [-0.05, 0) is 75.2 Å². The lowest BCUT2D eigenvalue weighted by molar-refractivity contribution is -0.207. The number of aliphatic hydroxyl groups is 1. The standard InChI is InChI=1S/C22H30O3/c1-2-3-15-4-5-17-16(15)6-7-19-18(17)8-10-21(23)14-22(11-9-20(19)21)24-12-13-25-22/h15-18,23H,4-14H2,1H3. The molecule has 1 aliphatic heterocycles. The SMILES string of the molecule is CC#CC1CCC2C3CCC4(O)CC5(CCC4=C3CCC12)OCCO5. The summed E-state index contributed by atoms with van der Waals surface area (Å²) in [6.45, 7) is 3.33. The van der Waals surface area contributed by atoms with E-state index in [1.165, 1.54) is 31.3 Å². The van der Waals surface area contributed by atoms with Gasteiger partial charge in [-0.1, -0.05) is 11.5 Å². The zero-order valence-corrected chi connectivity index (χ0v) is 15.4. The highest BCUT2D eigenvalue weighted by Gasteiger charge is 2.55. The lowest BCUT2D eigenvalue weighted by Crippen LogP contribution is -2.51. The molecule has 0 aromatic heterocycles. The third-order valence-electron chi connectivity index (χ3n) is 7.87. The van der Waals surface area contributed by atoms with Crippen molar-refractivity contribution in [3.63, 3.8) is 0 Å². The highest BCUT2D eigenvalue weighted by molar-refractivity contribution is 5.34. The first-order chi connectivity index (χ1) is 12.1. The van der Waals surface area contributed by atoms with Gasteiger partial charge in [-0.15, -0.1) is 5.92 Å². The lowest BCUT2D eigenvalue weighted by atomic mass is 9.58. The number of hydrogen-bond acceptors (Lipinski definition) is 3. The molecule has 1 saturated heterocycles. The van der Waals surface area contributed by atoms with Crippen LogP contribution in [0, 0.1) is 35.5 Å². The minimum atomic E-state index is -0.678. The molecule has 1 N–H and O–H groups in total. The third-order valence-corrected chi connectivity index (χ3v) is 7.87. The number of allylic oxidation sites excluding steroid dienone is 1. The van der Waals surface area contributed by atoms with Gasteiger partial charge in [0.1, 0.15) is 0 Å². The van der Waals surface area contributed by atoms with Crippen LogP contribution >= 0.6 is 0 Å². The lowest BCUT2D eigenvalue weighted by Gasteiger charge is -2.51. The molecule has 3 heteroatoms. The average molecular weight is 342 g/mol. The molecule has 0 aromatic rings. The van der Waals surface area contributed by atoms with E-state index in [0.29, 0.717) is 31.5 Å². The molecule has 1 spiro atoms. The van der Waals surface area contributed by atoms with Crippen molar-refractivity contribution in [2.24, 2.45) is 23.7 Å². The van der Waals surface area contributed by atoms with E-state index >= 15 is 0 Å². The quantitative estimate of drug-likeness (QED) is 0.537. The summed E-state index contributed by atoms with van der Waals surface area (Å²) in [5.41, 5.74) is 2.31. The predicted octanol–water partition coefficient (Wildman–Crippen LogP) is 3.81. The molecular weight excluding hydrogens is 312 g/mol. The van der Waals surface area contributed by atoms with Crippen LogP contribution in [0.15, 0.2) is 11.1 Å². The average Bonchev–Trinajstić information content (AvgIpc) is 3.21. The Balaban J connectivity index is 1.44. The van der Waals surface area contributed by atoms with Gasteiger partial charge in [0.25, 0.3) is 0 Å². The molecule has 5 aliphatic rings. The van der Waals surface area contributed by atoms with Crippen molar-refractivity contribution in [3.8, 4) is 11.8 Å². The molecule has 5 rings (SSSR count). The van der Waals surface area contributed by atoms with Crippen LogP contribution in [-0.4, -0.2) is 29.7 Å². The Morgan fingerprint density at radius 1 is 1.00 bits per heavy atom. The van der Waals surface area contributed by atoms with Gasteiger partial charge in [-0.3, -0.25) is 0 Å². The van der Waals surface area contributed by atoms with Crippen molar-refractivity contribution in [2.75, 3.05) is 13.2 Å². The topological polar surface area (TPSA) is 38.7 Å². The second kappa shape index (κ2) is 5.84. The molecule has 4 aliphatic carbocycles. The first kappa shape index (κ1) is 16.4. The molecule has 4 fully saturated rings. The van der Waals surface area contributed by atoms with Crippen molar-refractivity contribution in [3.05, 3.63) is 11.1 Å². The molecule has 0 bridgehead atoms. The number of ether oxygens (including phenoxy) is 2. The predicted molar refractivity (Wildman–Crippen MR) is 95.6 cm³/mol. The van der Waals surface area contributed by atoms with Gasteiger partial charge < -0.3 is 14.6 Å². The van der Waals surface area contributed by atoms with Crippen LogP contribution in [0.5, 0.6) is 0 Å². The number of hydrogen-bond donors (Lipinski definition) is 1. The van der Waals surface area contributed by atoms with Crippen LogP contribution in [0.1, 0.15) is 64.7 Å². The Bertz CT molecular complexity index is 648. The van der Waals surface area contributed by atoms with Gasteiger partial charge in [0.05, 0.1) is 18.8 Å². The van der Waals surface area contributed by atoms with Crippen LogP contribution < -0.4 is 0 Å². The van der Waals surface area contributed by atoms with E-state index in [1.54, 1.807) is 5.57 Å². The van der Waals surface area contributed by atoms with Gasteiger partial charge >= 0.3 is 0 Å². The van der Waals surface area contributed by atoms with Crippen LogP contribution in [0.25, 0.3) is 0 Å². The summed E-state index contributed by atoms with van der Waals surface area (Å²) in [7, 11) is 0. The Morgan fingerprint density at radius 2 is 1.84 bits per heavy atom. The van der Waals surface area contributed by atoms with Gasteiger partial charge in [0.2, 0.25) is 0 Å². The second-order valence-corrected chi connectivity index (χ2v) is 8.91. The Kier molecular flexibility index (Phi) is 3.82. The molecule has 3 nitrogen and oxygen atoms in total. The first-order valence-electron chi connectivity index (χ1n) is 10.3. The van der Waals surface area contributed by atoms with Gasteiger partial charge in [0, 0.05) is 18.8 Å². The van der Waals surface area contributed by atoms with E-state index < -0.39 is 11.4 Å². The smallest absolute Gasteiger partial charge is 0.171 e. The van der Waals surface area contributed by atoms with Crippen LogP contribution in [0.4, 0.5) is 0 Å². The Morgan fingerprint density at radius 3 is 2.64 bits per heavy atom. The van der Waals surface area contributed by atoms with E-state index in [2.05, 4.69) is 11.8 Å². The maximum absolute atomic E-state index is 11.5. The fraction of sp³-hybridized carbons (Fsp3) is 0.818. The first-order valence-corrected chi connectivity index (χ1v) is 10.3. The van der Waals surface area contributed by atoms with Crippen LogP contribution in [0.2, 0.25) is 0 Å². The zero-order chi connectivity index (χ0) is 17.1. The minimum Gasteiger partial charge on any atom is -0.385 e. The highest BCUT2D eigenvalue weighted by atomic mass is 16.7. The number of fused-ring (bicyclic) bond motifs is 4. The van der Waals surface area contributed by atoms with E-state index in [0.717, 1.165) is 37.5 Å². The van der Waals surface area contributed by atoms with Crippen molar-refractivity contribution < 1.29 is 14.6 Å². The summed E-state index contributed by atoms with van der Waals surface area (Å²) in [4.78, 5) is 0. The summed E-state index contributed by atoms with van der Waals surface area (Å²) in [5, 5.41) is 11.5. The summed E-state index contributed by atoms with van der Waals surface area (Å²) >= 11 is 0. The van der Waals surface area contributed by atoms with Crippen LogP contribution in [-0.2, 0) is 9.47 Å². The molecule has 0 amide bonds. The molecule has 5 atom stereocenters. The fourth-order valence-electron chi connectivity index (χ4n) is 6.93. The minimum absolute atomic E-state index is 0.502. The van der Waals surface area contributed by atoms with Crippen molar-refractivity contribution in [2.45, 2.75) is 76.1 Å². The van der Waals surface area contributed by atoms with E-state index in [4.69, 9.17) is 9.47 Å². The zero-order valence-electron chi connectivity index (χ0n) is 15.4. The monoisotopic (exact) mass is 342 g/mol. The molecular formula is C22H30O3. The molecule has 0 radical (unpaired) electrons. The maximum atomic E-state index is 11.5. The maximum Gasteiger partial charge on any atom is 0.171 e. The molecule has 1 heterocycles. The van der Waals surface area contributed by atoms with Crippen LogP contribution in [0.3, 0.4) is 0 Å². The second-order valence-electron chi connectivity index (χ2n) is 8.91. The molecule has 136 valence electrons. The number of rotatable bonds is 0. The molecule has 0 aromatic carbocycles. The Hall–Kier alpha value is -0.820. The fourth-order valence-corrected chi connectivity index (χ4v) is 6.93. The summed E-state index contributed by atoms with van der Waals surface area (Å²) in [6.07, 6.45) is 9.61. The van der Waals surface area contributed by atoms with Crippen molar-refractivity contribution >= 4 is 0 Å². The van der Waals surface area contributed by atoms with Crippen molar-refractivity contribution in [1.82, 2.24) is 0 Å². The molecule has 5 unspecified atom stereocenters. The van der Waals surface area contributed by atoms with E-state index in [-0.39, 0.29) is 0 Å². The molecule has 25 heavy (non-hydrogen) atoms. The summed E-state index contributed by atoms with van der Waals surface area (Å²) in [6, 6.07) is 0. The Labute approximate surface area is 151 Å². The van der Waals surface area contributed by atoms with E-state index in [1.807, 2.05) is 6.92 Å². The van der Waals surface area contributed by atoms with Crippen molar-refractivity contribution in [1.29, 1.82) is 0 Å². The summed E-state index contributed by atoms with van der Waals surface area (Å²) < 4.78 is 11.8. The van der Waals surface area contributed by atoms with Gasteiger partial charge in [-0.25, -0.2) is 0 Å². The third kappa shape index (κ3) is 2.45. The largest absolute Gasteiger partial charge is 0.385 e. The normalized spacial score (nSPS) is 44.7. The van der Waals surface area contributed by atoms with Gasteiger partial charge in [0.15, 0.2) is 5.79 Å². The highest BCUT2D eigenvalue weighted by Crippen LogP contribution is 2.59. The van der Waals surface area contributed by atoms with E-state index in [9.17, 15) is 5.11 Å². The summed E-state index contributed by atoms with van der Waals surface area (Å²) in [5.74, 6) is 9.08.